The van der Waals surface area contributed by atoms with Crippen LogP contribution in [-0.2, 0) is 15.7 Å². The average Bonchev–Trinajstić information content (AvgIpc) is 3.10. The third-order valence-electron chi connectivity index (χ3n) is 5.04. The number of hydrogen-bond acceptors (Lipinski definition) is 5. The number of anilines is 1. The van der Waals surface area contributed by atoms with Gasteiger partial charge in [-0.2, -0.15) is 18.4 Å². The van der Waals surface area contributed by atoms with Gasteiger partial charge in [-0.25, -0.2) is 4.79 Å². The lowest BCUT2D eigenvalue weighted by molar-refractivity contribution is -0.137. The Labute approximate surface area is 195 Å². The zero-order valence-electron chi connectivity index (χ0n) is 18.9. The standard InChI is InChI=1S/C25H24F3N3O3/c1-24(2,3)34-23(33)31-22(16-9-7-15(14-29)8-10-16)21-19(11-12-20(21)32)30-18-6-4-5-17(13-18)25(26,27)28/h4-10,13,22,30H,11-12H2,1-3H3,(H,31,33). The van der Waals surface area contributed by atoms with Crippen LogP contribution in [0.25, 0.3) is 0 Å². The molecule has 34 heavy (non-hydrogen) atoms. The van der Waals surface area contributed by atoms with Crippen molar-refractivity contribution in [1.82, 2.24) is 5.32 Å². The highest BCUT2D eigenvalue weighted by Gasteiger charge is 2.34. The molecule has 1 aliphatic carbocycles. The fourth-order valence-corrected chi connectivity index (χ4v) is 3.59. The summed E-state index contributed by atoms with van der Waals surface area (Å²) in [6.45, 7) is 5.09. The number of halogens is 3. The van der Waals surface area contributed by atoms with E-state index in [1.54, 1.807) is 45.0 Å². The summed E-state index contributed by atoms with van der Waals surface area (Å²) in [7, 11) is 0. The number of benzene rings is 2. The number of nitrogens with one attached hydrogen (secondary N) is 2. The highest BCUT2D eigenvalue weighted by Crippen LogP contribution is 2.36. The first-order valence-electron chi connectivity index (χ1n) is 10.6. The van der Waals surface area contributed by atoms with Crippen LogP contribution in [0.5, 0.6) is 0 Å². The maximum Gasteiger partial charge on any atom is 0.416 e. The largest absolute Gasteiger partial charge is 0.444 e. The van der Waals surface area contributed by atoms with Crippen LogP contribution in [-0.4, -0.2) is 17.5 Å². The molecule has 3 rings (SSSR count). The quantitative estimate of drug-likeness (QED) is 0.569. The second-order valence-corrected chi connectivity index (χ2v) is 8.83. The fraction of sp³-hybridized carbons (Fsp3) is 0.320. The van der Waals surface area contributed by atoms with Crippen LogP contribution in [0.3, 0.4) is 0 Å². The van der Waals surface area contributed by atoms with Gasteiger partial charge in [0.25, 0.3) is 0 Å². The number of ketones is 1. The van der Waals surface area contributed by atoms with Crippen molar-refractivity contribution in [3.63, 3.8) is 0 Å². The van der Waals surface area contributed by atoms with Gasteiger partial charge in [-0.1, -0.05) is 18.2 Å². The molecule has 1 aliphatic rings. The number of ether oxygens (including phenoxy) is 1. The monoisotopic (exact) mass is 471 g/mol. The molecule has 9 heteroatoms. The van der Waals surface area contributed by atoms with Crippen LogP contribution in [0.15, 0.2) is 59.8 Å². The van der Waals surface area contributed by atoms with E-state index < -0.39 is 29.5 Å². The number of allylic oxidation sites excluding steroid dienone is 1. The lowest BCUT2D eigenvalue weighted by Crippen LogP contribution is -2.36. The lowest BCUT2D eigenvalue weighted by atomic mass is 9.95. The van der Waals surface area contributed by atoms with E-state index in [2.05, 4.69) is 10.6 Å². The summed E-state index contributed by atoms with van der Waals surface area (Å²) < 4.78 is 44.8. The first kappa shape index (κ1) is 24.8. The fourth-order valence-electron chi connectivity index (χ4n) is 3.59. The van der Waals surface area contributed by atoms with Crippen LogP contribution in [0.2, 0.25) is 0 Å². The van der Waals surface area contributed by atoms with Crippen LogP contribution < -0.4 is 10.6 Å². The number of hydrogen-bond donors (Lipinski definition) is 2. The van der Waals surface area contributed by atoms with Gasteiger partial charge in [-0.05, 0) is 63.1 Å². The Kier molecular flexibility index (Phi) is 7.01. The van der Waals surface area contributed by atoms with Crippen molar-refractivity contribution in [2.45, 2.75) is 51.4 Å². The van der Waals surface area contributed by atoms with Gasteiger partial charge < -0.3 is 15.4 Å². The van der Waals surface area contributed by atoms with Gasteiger partial charge in [0.2, 0.25) is 0 Å². The molecule has 0 aliphatic heterocycles. The molecule has 2 aromatic rings. The number of alkyl halides is 3. The summed E-state index contributed by atoms with van der Waals surface area (Å²) in [6, 6.07) is 12.1. The normalized spacial score (nSPS) is 15.0. The predicted octanol–water partition coefficient (Wildman–Crippen LogP) is 5.87. The summed E-state index contributed by atoms with van der Waals surface area (Å²) in [4.78, 5) is 25.5. The van der Waals surface area contributed by atoms with Crippen LogP contribution >= 0.6 is 0 Å². The van der Waals surface area contributed by atoms with Crippen LogP contribution in [0.4, 0.5) is 23.7 Å². The number of nitrogens with zero attached hydrogens (tertiary/aromatic N) is 1. The molecule has 1 amide bonds. The van der Waals surface area contributed by atoms with E-state index in [9.17, 15) is 22.8 Å². The van der Waals surface area contributed by atoms with Gasteiger partial charge in [-0.3, -0.25) is 4.79 Å². The Morgan fingerprint density at radius 1 is 1.09 bits per heavy atom. The zero-order chi connectivity index (χ0) is 25.1. The summed E-state index contributed by atoms with van der Waals surface area (Å²) in [6.07, 6.45) is -4.86. The number of amides is 1. The lowest BCUT2D eigenvalue weighted by Gasteiger charge is -2.25. The van der Waals surface area contributed by atoms with E-state index in [1.807, 2.05) is 6.07 Å². The van der Waals surface area contributed by atoms with Crippen molar-refractivity contribution >= 4 is 17.6 Å². The number of carbonyl (C=O) groups excluding carboxylic acids is 2. The summed E-state index contributed by atoms with van der Waals surface area (Å²) in [5, 5.41) is 14.7. The van der Waals surface area contributed by atoms with E-state index in [0.717, 1.165) is 12.1 Å². The van der Waals surface area contributed by atoms with Crippen molar-refractivity contribution in [3.8, 4) is 6.07 Å². The molecule has 2 N–H and O–H groups in total. The van der Waals surface area contributed by atoms with Gasteiger partial charge in [0.05, 0.1) is 23.2 Å². The van der Waals surface area contributed by atoms with Gasteiger partial charge in [0.15, 0.2) is 5.78 Å². The second kappa shape index (κ2) is 9.59. The Balaban J connectivity index is 2.02. The minimum atomic E-state index is -4.51. The molecule has 0 heterocycles. The SMILES string of the molecule is CC(C)(C)OC(=O)NC(C1=C(Nc2cccc(C(F)(F)F)c2)CCC1=O)c1ccc(C#N)cc1. The molecule has 0 radical (unpaired) electrons. The molecule has 1 atom stereocenters. The maximum atomic E-state index is 13.1. The Bertz CT molecular complexity index is 1160. The summed E-state index contributed by atoms with van der Waals surface area (Å²) >= 11 is 0. The second-order valence-electron chi connectivity index (χ2n) is 8.83. The molecule has 0 bridgehead atoms. The Morgan fingerprint density at radius 2 is 1.76 bits per heavy atom. The molecule has 0 aromatic heterocycles. The average molecular weight is 471 g/mol. The van der Waals surface area contributed by atoms with E-state index in [0.29, 0.717) is 16.8 Å². The van der Waals surface area contributed by atoms with Crippen LogP contribution in [0, 0.1) is 11.3 Å². The Hall–Kier alpha value is -3.80. The molecule has 0 saturated heterocycles. The van der Waals surface area contributed by atoms with Gasteiger partial charge >= 0.3 is 12.3 Å². The van der Waals surface area contributed by atoms with Gasteiger partial charge in [-0.15, -0.1) is 0 Å². The number of Topliss-reactive ketones (excluding diaryl/α,β-unsaturated/α-hetero) is 1. The van der Waals surface area contributed by atoms with Crippen molar-refractivity contribution in [3.05, 3.63) is 76.5 Å². The smallest absolute Gasteiger partial charge is 0.416 e. The van der Waals surface area contributed by atoms with Gasteiger partial charge in [0.1, 0.15) is 5.60 Å². The molecule has 0 fully saturated rings. The zero-order valence-corrected chi connectivity index (χ0v) is 18.9. The number of nitriles is 1. The third-order valence-corrected chi connectivity index (χ3v) is 5.04. The summed E-state index contributed by atoms with van der Waals surface area (Å²) in [5.74, 6) is -0.250. The summed E-state index contributed by atoms with van der Waals surface area (Å²) in [5.41, 5.74) is 0.134. The molecular formula is C25H24F3N3O3. The predicted molar refractivity (Wildman–Crippen MR) is 120 cm³/mol. The van der Waals surface area contributed by atoms with Crippen molar-refractivity contribution in [2.24, 2.45) is 0 Å². The molecule has 6 nitrogen and oxygen atoms in total. The van der Waals surface area contributed by atoms with Gasteiger partial charge in [0, 0.05) is 23.4 Å². The first-order chi connectivity index (χ1) is 15.9. The molecule has 178 valence electrons. The first-order valence-corrected chi connectivity index (χ1v) is 10.6. The third kappa shape index (κ3) is 6.16. The minimum absolute atomic E-state index is 0.138. The topological polar surface area (TPSA) is 91.2 Å². The highest BCUT2D eigenvalue weighted by atomic mass is 19.4. The molecule has 1 unspecified atom stereocenters. The molecule has 0 saturated carbocycles. The van der Waals surface area contributed by atoms with E-state index in [-0.39, 0.29) is 29.9 Å². The van der Waals surface area contributed by atoms with Crippen molar-refractivity contribution in [1.29, 1.82) is 5.26 Å². The van der Waals surface area contributed by atoms with Crippen LogP contribution in [0.1, 0.15) is 56.3 Å². The molecule has 0 spiro atoms. The van der Waals surface area contributed by atoms with E-state index >= 15 is 0 Å². The number of rotatable bonds is 5. The number of alkyl carbamates (subject to hydrolysis) is 1. The van der Waals surface area contributed by atoms with Crippen molar-refractivity contribution in [2.75, 3.05) is 5.32 Å². The minimum Gasteiger partial charge on any atom is -0.444 e. The Morgan fingerprint density at radius 3 is 2.35 bits per heavy atom. The number of carbonyl (C=O) groups is 2. The highest BCUT2D eigenvalue weighted by molar-refractivity contribution is 6.01. The van der Waals surface area contributed by atoms with E-state index in [4.69, 9.17) is 10.00 Å². The maximum absolute atomic E-state index is 13.1. The molecule has 2 aromatic carbocycles. The van der Waals surface area contributed by atoms with E-state index in [1.165, 1.54) is 12.1 Å². The van der Waals surface area contributed by atoms with Crippen molar-refractivity contribution < 1.29 is 27.5 Å². The molecular weight excluding hydrogens is 447 g/mol.